The summed E-state index contributed by atoms with van der Waals surface area (Å²) >= 11 is 0. The van der Waals surface area contributed by atoms with Crippen LogP contribution in [0.15, 0.2) is 30.6 Å². The molecule has 1 saturated heterocycles. The largest absolute Gasteiger partial charge is 0.255 e. The third-order valence-corrected chi connectivity index (χ3v) is 7.15. The van der Waals surface area contributed by atoms with Crippen LogP contribution in [0.4, 0.5) is 0 Å². The fourth-order valence-electron chi connectivity index (χ4n) is 5.38. The van der Waals surface area contributed by atoms with Gasteiger partial charge in [0.1, 0.15) is 24.7 Å². The van der Waals surface area contributed by atoms with Gasteiger partial charge in [0.2, 0.25) is 0 Å². The molecule has 12 heteroatoms. The van der Waals surface area contributed by atoms with E-state index in [1.165, 1.54) is 22.6 Å². The molecule has 2 aromatic rings. The van der Waals surface area contributed by atoms with E-state index in [-0.39, 0.29) is 18.8 Å². The Hall–Kier alpha value is -0.921. The van der Waals surface area contributed by atoms with Crippen LogP contribution < -0.4 is 4.57 Å². The minimum absolute atomic E-state index is 0.145. The number of para-hydroxylation sites is 1. The second kappa shape index (κ2) is 9.52. The molecule has 1 aromatic heterocycles. The molecule has 10 radical (unpaired) electrons. The van der Waals surface area contributed by atoms with E-state index in [2.05, 4.69) is 81.4 Å². The molecule has 1 fully saturated rings. The average molecular weight is 392 g/mol. The number of rotatable bonds is 8. The van der Waals surface area contributed by atoms with Crippen LogP contribution in [0.25, 0.3) is 5.69 Å². The normalized spacial score (nSPS) is 17.9. The first-order valence-electron chi connectivity index (χ1n) is 11.5. The van der Waals surface area contributed by atoms with Crippen molar-refractivity contribution in [3.63, 3.8) is 0 Å². The number of imidazole rings is 1. The lowest BCUT2D eigenvalue weighted by Gasteiger charge is -2.25. The summed E-state index contributed by atoms with van der Waals surface area (Å²) in [7, 11) is 32.7. The van der Waals surface area contributed by atoms with Gasteiger partial charge in [0.25, 0.3) is 5.82 Å². The van der Waals surface area contributed by atoms with Crippen molar-refractivity contribution in [3.8, 4) is 5.69 Å². The smallest absolute Gasteiger partial charge is 0.237 e. The van der Waals surface area contributed by atoms with Crippen molar-refractivity contribution in [1.29, 1.82) is 0 Å². The van der Waals surface area contributed by atoms with Gasteiger partial charge in [0.15, 0.2) is 0 Å². The Kier molecular flexibility index (Phi) is 7.59. The van der Waals surface area contributed by atoms with Crippen molar-refractivity contribution < 1.29 is 4.57 Å². The lowest BCUT2D eigenvalue weighted by molar-refractivity contribution is -0.678. The topological polar surface area (TPSA) is 8.81 Å². The maximum Gasteiger partial charge on any atom is 0.255 e. The zero-order chi connectivity index (χ0) is 23.2. The highest BCUT2D eigenvalue weighted by molar-refractivity contribution is 8.01. The summed E-state index contributed by atoms with van der Waals surface area (Å²) in [5, 5.41) is 0. The van der Waals surface area contributed by atoms with E-state index < -0.39 is 19.2 Å². The quantitative estimate of drug-likeness (QED) is 0.463. The molecule has 1 aliphatic rings. The third kappa shape index (κ3) is 4.60. The Bertz CT molecular complexity index is 887. The molecule has 3 rings (SSSR count). The second-order valence-corrected chi connectivity index (χ2v) is 10.0. The van der Waals surface area contributed by atoms with Crippen LogP contribution in [0.2, 0.25) is 5.82 Å². The van der Waals surface area contributed by atoms with E-state index in [1.807, 2.05) is 0 Å². The molecule has 2 atom stereocenters. The number of benzene rings is 1. The predicted molar refractivity (Wildman–Crippen MR) is 145 cm³/mol. The van der Waals surface area contributed by atoms with Gasteiger partial charge in [-0.1, -0.05) is 58.6 Å². The van der Waals surface area contributed by atoms with Gasteiger partial charge in [-0.3, -0.25) is 0 Å². The minimum atomic E-state index is -0.650. The van der Waals surface area contributed by atoms with Crippen LogP contribution in [-0.4, -0.2) is 75.4 Å². The molecule has 142 valence electrons. The Morgan fingerprint density at radius 1 is 0.968 bits per heavy atom. The number of aryl methyl sites for hydroxylation is 1. The summed E-state index contributed by atoms with van der Waals surface area (Å²) in [6.07, 6.45) is 2.50. The van der Waals surface area contributed by atoms with Crippen LogP contribution in [-0.2, 0) is 7.05 Å². The van der Waals surface area contributed by atoms with E-state index >= 15 is 0 Å². The SMILES string of the molecule is [B]B([B])B([B])B(B([B])[B])B1C(c2n(-c3c(C(C)C)cccc3C(C)C)cc[n+]2C)[C@@H]1C. The van der Waals surface area contributed by atoms with E-state index in [4.69, 9.17) is 38.7 Å². The maximum atomic E-state index is 6.37. The summed E-state index contributed by atoms with van der Waals surface area (Å²) in [5.41, 5.74) is 3.98. The van der Waals surface area contributed by atoms with Gasteiger partial charge in [-0.2, -0.15) is 4.57 Å². The number of hydrogen-bond acceptors (Lipinski definition) is 0. The standard InChI is InChI=1S/C19H27B10N2/c1-12(2)15-8-7-9-16(13(3)4)18(15)31-11-10-30(6)19(31)17-14(5)25(17)29(27(22)23)28(24)26(20)21/h7-14,17H,1-6H3/q+1/t14-,17?/m0/s1. The van der Waals surface area contributed by atoms with Gasteiger partial charge in [-0.25, -0.2) is 4.57 Å². The molecule has 0 aliphatic carbocycles. The van der Waals surface area contributed by atoms with Crippen LogP contribution in [0.1, 0.15) is 69.2 Å². The molecule has 2 heterocycles. The molecular formula is C19H27B10N2+. The third-order valence-electron chi connectivity index (χ3n) is 7.15. The van der Waals surface area contributed by atoms with Gasteiger partial charge in [0.05, 0.1) is 7.05 Å². The molecule has 1 unspecified atom stereocenters. The number of hydrogen-bond donors (Lipinski definition) is 0. The lowest BCUT2D eigenvalue weighted by Crippen LogP contribution is -2.64. The van der Waals surface area contributed by atoms with Gasteiger partial charge in [-0.15, -0.1) is 0 Å². The van der Waals surface area contributed by atoms with Crippen molar-refractivity contribution in [1.82, 2.24) is 4.57 Å². The van der Waals surface area contributed by atoms with Crippen molar-refractivity contribution in [3.05, 3.63) is 47.5 Å². The summed E-state index contributed by atoms with van der Waals surface area (Å²) in [6.45, 7) is 11.5. The molecule has 0 N–H and O–H groups in total. The van der Waals surface area contributed by atoms with E-state index in [0.29, 0.717) is 17.7 Å². The Labute approximate surface area is 198 Å². The summed E-state index contributed by atoms with van der Waals surface area (Å²) < 4.78 is 4.59. The van der Waals surface area contributed by atoms with Crippen LogP contribution in [0.5, 0.6) is 0 Å². The van der Waals surface area contributed by atoms with E-state index in [9.17, 15) is 0 Å². The zero-order valence-corrected chi connectivity index (χ0v) is 19.9. The molecule has 1 aliphatic heterocycles. The monoisotopic (exact) mass is 393 g/mol. The first kappa shape index (κ1) is 24.7. The molecule has 1 aromatic carbocycles. The molecule has 0 saturated carbocycles. The van der Waals surface area contributed by atoms with Gasteiger partial charge in [-0.05, 0) is 11.8 Å². The summed E-state index contributed by atoms with van der Waals surface area (Å²) in [5.74, 6) is 2.74. The van der Waals surface area contributed by atoms with Crippen LogP contribution in [0, 0.1) is 0 Å². The average Bonchev–Trinajstić information content (AvgIpc) is 3.15. The van der Waals surface area contributed by atoms with Crippen molar-refractivity contribution in [2.45, 2.75) is 58.1 Å². The number of aromatic nitrogens is 2. The first-order valence-corrected chi connectivity index (χ1v) is 11.5. The maximum absolute atomic E-state index is 6.37. The highest BCUT2D eigenvalue weighted by Gasteiger charge is 2.61. The Morgan fingerprint density at radius 3 is 1.97 bits per heavy atom. The Balaban J connectivity index is 2.12. The van der Waals surface area contributed by atoms with E-state index in [1.54, 1.807) is 0 Å². The van der Waals surface area contributed by atoms with Crippen molar-refractivity contribution in [2.75, 3.05) is 0 Å². The van der Waals surface area contributed by atoms with Crippen molar-refractivity contribution >= 4 is 70.8 Å². The van der Waals surface area contributed by atoms with Crippen molar-refractivity contribution in [2.24, 2.45) is 7.05 Å². The predicted octanol–water partition coefficient (Wildman–Crippen LogP) is 0.689. The fourth-order valence-corrected chi connectivity index (χ4v) is 5.38. The summed E-state index contributed by atoms with van der Waals surface area (Å²) in [4.78, 5) is 0. The van der Waals surface area contributed by atoms with Crippen LogP contribution in [0.3, 0.4) is 0 Å². The molecule has 0 bridgehead atoms. The van der Waals surface area contributed by atoms with Gasteiger partial charge < -0.3 is 0 Å². The zero-order valence-electron chi connectivity index (χ0n) is 19.9. The highest BCUT2D eigenvalue weighted by atomic mass is 15.1. The highest BCUT2D eigenvalue weighted by Crippen LogP contribution is 2.52. The fraction of sp³-hybridized carbons (Fsp3) is 0.526. The molecule has 0 spiro atoms. The summed E-state index contributed by atoms with van der Waals surface area (Å²) in [6, 6.07) is 6.65. The van der Waals surface area contributed by atoms with Gasteiger partial charge >= 0.3 is 0 Å². The number of nitrogens with zero attached hydrogens (tertiary/aromatic N) is 2. The molecular weight excluding hydrogens is 364 g/mol. The van der Waals surface area contributed by atoms with Crippen LogP contribution >= 0.6 is 0 Å². The molecule has 2 nitrogen and oxygen atoms in total. The molecule has 0 amide bonds. The van der Waals surface area contributed by atoms with Gasteiger partial charge in [0, 0.05) is 81.2 Å². The lowest BCUT2D eigenvalue weighted by atomic mass is 8.57. The minimum Gasteiger partial charge on any atom is -0.237 e. The Morgan fingerprint density at radius 2 is 1.52 bits per heavy atom. The van der Waals surface area contributed by atoms with E-state index in [0.717, 1.165) is 0 Å². The molecule has 31 heavy (non-hydrogen) atoms. The second-order valence-electron chi connectivity index (χ2n) is 10.0. The first-order chi connectivity index (χ1) is 14.5.